The number of piperidine rings is 1. The number of hydrogen-bond donors (Lipinski definition) is 0. The standard InChI is InChI=1S/C24H26ClN7OS/c25-19-2-4-20(5-3-19)34-22-7-6-21(28-29-22)30-12-8-18(9-13-30)23(33)31-14-16-32(17-15-31)24-26-10-1-11-27-24/h1-7,10-11,18H,8-9,12-17H2. The number of piperazine rings is 1. The highest BCUT2D eigenvalue weighted by atomic mass is 35.5. The van der Waals surface area contributed by atoms with Crippen molar-refractivity contribution in [2.75, 3.05) is 49.1 Å². The second-order valence-electron chi connectivity index (χ2n) is 8.41. The van der Waals surface area contributed by atoms with Crippen molar-refractivity contribution in [3.05, 3.63) is 59.9 Å². The summed E-state index contributed by atoms with van der Waals surface area (Å²) in [5.74, 6) is 1.95. The lowest BCUT2D eigenvalue weighted by Crippen LogP contribution is -2.52. The Hall–Kier alpha value is -2.91. The summed E-state index contributed by atoms with van der Waals surface area (Å²) in [4.78, 5) is 29.2. The number of rotatable bonds is 5. The molecule has 34 heavy (non-hydrogen) atoms. The second kappa shape index (κ2) is 10.6. The first-order valence-corrected chi connectivity index (χ1v) is 12.7. The highest BCUT2D eigenvalue weighted by Crippen LogP contribution is 2.29. The maximum atomic E-state index is 13.1. The molecule has 5 rings (SSSR count). The van der Waals surface area contributed by atoms with Gasteiger partial charge < -0.3 is 14.7 Å². The summed E-state index contributed by atoms with van der Waals surface area (Å²) in [7, 11) is 0. The fraction of sp³-hybridized carbons (Fsp3) is 0.375. The fourth-order valence-electron chi connectivity index (χ4n) is 4.35. The molecule has 0 saturated carbocycles. The number of anilines is 2. The highest BCUT2D eigenvalue weighted by molar-refractivity contribution is 7.99. The predicted octanol–water partition coefficient (Wildman–Crippen LogP) is 3.64. The van der Waals surface area contributed by atoms with E-state index in [1.807, 2.05) is 47.4 Å². The van der Waals surface area contributed by atoms with Crippen molar-refractivity contribution in [2.45, 2.75) is 22.8 Å². The van der Waals surface area contributed by atoms with Crippen molar-refractivity contribution in [3.63, 3.8) is 0 Å². The van der Waals surface area contributed by atoms with Crippen LogP contribution in [0.3, 0.4) is 0 Å². The third-order valence-corrected chi connectivity index (χ3v) is 7.44. The van der Waals surface area contributed by atoms with Crippen molar-refractivity contribution < 1.29 is 4.79 Å². The number of benzene rings is 1. The van der Waals surface area contributed by atoms with Crippen molar-refractivity contribution in [2.24, 2.45) is 5.92 Å². The summed E-state index contributed by atoms with van der Waals surface area (Å²) in [5, 5.41) is 10.4. The van der Waals surface area contributed by atoms with E-state index in [4.69, 9.17) is 11.6 Å². The van der Waals surface area contributed by atoms with Gasteiger partial charge in [-0.15, -0.1) is 10.2 Å². The second-order valence-corrected chi connectivity index (χ2v) is 9.94. The molecule has 0 spiro atoms. The van der Waals surface area contributed by atoms with Gasteiger partial charge in [0.1, 0.15) is 5.03 Å². The van der Waals surface area contributed by atoms with E-state index in [9.17, 15) is 4.79 Å². The molecule has 1 aromatic carbocycles. The van der Waals surface area contributed by atoms with Crippen LogP contribution >= 0.6 is 23.4 Å². The highest BCUT2D eigenvalue weighted by Gasteiger charge is 2.31. The number of nitrogens with zero attached hydrogens (tertiary/aromatic N) is 7. The summed E-state index contributed by atoms with van der Waals surface area (Å²) in [6.07, 6.45) is 5.18. The zero-order valence-electron chi connectivity index (χ0n) is 18.8. The molecule has 176 valence electrons. The SMILES string of the molecule is O=C(C1CCN(c2ccc(Sc3ccc(Cl)cc3)nn2)CC1)N1CCN(c2ncccn2)CC1. The van der Waals surface area contributed by atoms with E-state index in [2.05, 4.69) is 30.0 Å². The quantitative estimate of drug-likeness (QED) is 0.531. The van der Waals surface area contributed by atoms with Crippen molar-refractivity contribution in [1.82, 2.24) is 25.1 Å². The summed E-state index contributed by atoms with van der Waals surface area (Å²) >= 11 is 7.51. The Labute approximate surface area is 208 Å². The molecule has 4 heterocycles. The number of carbonyl (C=O) groups is 1. The minimum Gasteiger partial charge on any atom is -0.355 e. The molecule has 0 aliphatic carbocycles. The van der Waals surface area contributed by atoms with E-state index in [1.54, 1.807) is 24.2 Å². The summed E-state index contributed by atoms with van der Waals surface area (Å²) in [5.41, 5.74) is 0. The van der Waals surface area contributed by atoms with Gasteiger partial charge in [-0.3, -0.25) is 4.79 Å². The number of amides is 1. The van der Waals surface area contributed by atoms with Gasteiger partial charge >= 0.3 is 0 Å². The Morgan fingerprint density at radius 3 is 2.21 bits per heavy atom. The predicted molar refractivity (Wildman–Crippen MR) is 133 cm³/mol. The zero-order valence-corrected chi connectivity index (χ0v) is 20.3. The average Bonchev–Trinajstić information content (AvgIpc) is 2.91. The molecule has 0 atom stereocenters. The molecular formula is C24H26ClN7OS. The normalized spacial score (nSPS) is 17.1. The Morgan fingerprint density at radius 2 is 1.56 bits per heavy atom. The van der Waals surface area contributed by atoms with E-state index in [-0.39, 0.29) is 11.8 Å². The van der Waals surface area contributed by atoms with Gasteiger partial charge in [-0.05, 0) is 55.3 Å². The Bertz CT molecular complexity index is 1080. The number of carbonyl (C=O) groups excluding carboxylic acids is 1. The molecule has 2 aliphatic heterocycles. The molecule has 10 heteroatoms. The first-order chi connectivity index (χ1) is 16.7. The Balaban J connectivity index is 1.10. The van der Waals surface area contributed by atoms with Crippen LogP contribution in [0.1, 0.15) is 12.8 Å². The number of halogens is 1. The summed E-state index contributed by atoms with van der Waals surface area (Å²) < 4.78 is 0. The van der Waals surface area contributed by atoms with Gasteiger partial charge in [0.2, 0.25) is 11.9 Å². The molecule has 2 aliphatic rings. The van der Waals surface area contributed by atoms with E-state index in [1.165, 1.54) is 0 Å². The van der Waals surface area contributed by atoms with Gasteiger partial charge in [0.05, 0.1) is 0 Å². The Kier molecular flexibility index (Phi) is 7.10. The van der Waals surface area contributed by atoms with Crippen LogP contribution in [0.5, 0.6) is 0 Å². The molecule has 1 amide bonds. The first kappa shape index (κ1) is 22.9. The molecule has 0 unspecified atom stereocenters. The van der Waals surface area contributed by atoms with Crippen LogP contribution in [-0.4, -0.2) is 70.2 Å². The topological polar surface area (TPSA) is 78.4 Å². The minimum atomic E-state index is 0.0727. The van der Waals surface area contributed by atoms with Gasteiger partial charge in [-0.1, -0.05) is 23.4 Å². The molecule has 8 nitrogen and oxygen atoms in total. The van der Waals surface area contributed by atoms with Crippen LogP contribution in [0.15, 0.2) is 64.8 Å². The molecule has 2 saturated heterocycles. The van der Waals surface area contributed by atoms with Crippen LogP contribution in [0.4, 0.5) is 11.8 Å². The molecule has 2 fully saturated rings. The van der Waals surface area contributed by atoms with Crippen LogP contribution in [0.2, 0.25) is 5.02 Å². The summed E-state index contributed by atoms with van der Waals surface area (Å²) in [6.45, 7) is 4.60. The lowest BCUT2D eigenvalue weighted by atomic mass is 9.95. The van der Waals surface area contributed by atoms with Crippen molar-refractivity contribution >= 4 is 41.0 Å². The lowest BCUT2D eigenvalue weighted by Gasteiger charge is -2.38. The third kappa shape index (κ3) is 5.42. The zero-order chi connectivity index (χ0) is 23.3. The maximum Gasteiger partial charge on any atom is 0.225 e. The van der Waals surface area contributed by atoms with Gasteiger partial charge in [0.15, 0.2) is 5.82 Å². The largest absolute Gasteiger partial charge is 0.355 e. The average molecular weight is 496 g/mol. The van der Waals surface area contributed by atoms with Crippen molar-refractivity contribution in [3.8, 4) is 0 Å². The summed E-state index contributed by atoms with van der Waals surface area (Å²) in [6, 6.07) is 13.5. The molecule has 0 radical (unpaired) electrons. The molecule has 0 N–H and O–H groups in total. The van der Waals surface area contributed by atoms with Gasteiger partial charge in [0.25, 0.3) is 0 Å². The lowest BCUT2D eigenvalue weighted by molar-refractivity contribution is -0.136. The third-order valence-electron chi connectivity index (χ3n) is 6.26. The molecule has 2 aromatic heterocycles. The molecule has 3 aromatic rings. The van der Waals surface area contributed by atoms with Crippen molar-refractivity contribution in [1.29, 1.82) is 0 Å². The van der Waals surface area contributed by atoms with E-state index >= 15 is 0 Å². The van der Waals surface area contributed by atoms with E-state index in [0.717, 1.165) is 78.8 Å². The van der Waals surface area contributed by atoms with E-state index < -0.39 is 0 Å². The van der Waals surface area contributed by atoms with Crippen LogP contribution < -0.4 is 9.80 Å². The fourth-order valence-corrected chi connectivity index (χ4v) is 5.21. The minimum absolute atomic E-state index is 0.0727. The Morgan fingerprint density at radius 1 is 0.853 bits per heavy atom. The van der Waals surface area contributed by atoms with E-state index in [0.29, 0.717) is 0 Å². The maximum absolute atomic E-state index is 13.1. The monoisotopic (exact) mass is 495 g/mol. The van der Waals surface area contributed by atoms with Gasteiger partial charge in [-0.2, -0.15) is 0 Å². The number of aromatic nitrogens is 4. The van der Waals surface area contributed by atoms with Gasteiger partial charge in [-0.25, -0.2) is 9.97 Å². The first-order valence-electron chi connectivity index (χ1n) is 11.5. The van der Waals surface area contributed by atoms with Crippen LogP contribution in [-0.2, 0) is 4.79 Å². The molecular weight excluding hydrogens is 470 g/mol. The number of hydrogen-bond acceptors (Lipinski definition) is 8. The molecule has 0 bridgehead atoms. The van der Waals surface area contributed by atoms with Gasteiger partial charge in [0, 0.05) is 67.5 Å². The van der Waals surface area contributed by atoms with Crippen LogP contribution in [0.25, 0.3) is 0 Å². The van der Waals surface area contributed by atoms with Crippen LogP contribution in [0, 0.1) is 5.92 Å². The smallest absolute Gasteiger partial charge is 0.225 e.